The summed E-state index contributed by atoms with van der Waals surface area (Å²) >= 11 is 5.91. The number of rotatable bonds is 3. The minimum Gasteiger partial charge on any atom is -0.348 e. The van der Waals surface area contributed by atoms with Gasteiger partial charge >= 0.3 is 0 Å². The largest absolute Gasteiger partial charge is 0.348 e. The van der Waals surface area contributed by atoms with Gasteiger partial charge in [0.25, 0.3) is 5.91 Å². The summed E-state index contributed by atoms with van der Waals surface area (Å²) in [4.78, 5) is 16.3. The van der Waals surface area contributed by atoms with Crippen LogP contribution in [0.4, 0.5) is 0 Å². The van der Waals surface area contributed by atoms with Gasteiger partial charge in [-0.25, -0.2) is 9.50 Å². The first-order chi connectivity index (χ1) is 10.1. The number of benzene rings is 1. The standard InChI is InChI=1S/C15H13ClN4O/c1-10-5-14-17-8-12(9-20(14)19-10)15(21)18-7-11-3-2-4-13(16)6-11/h2-6,8-9H,7H2,1H3,(H,18,21). The molecule has 0 saturated carbocycles. The third-order valence-corrected chi connectivity index (χ3v) is 3.27. The van der Waals surface area contributed by atoms with Crippen molar-refractivity contribution in [2.75, 3.05) is 0 Å². The third-order valence-electron chi connectivity index (χ3n) is 3.04. The van der Waals surface area contributed by atoms with Crippen LogP contribution in [0.5, 0.6) is 0 Å². The van der Waals surface area contributed by atoms with Gasteiger partial charge in [-0.3, -0.25) is 4.79 Å². The molecule has 1 aromatic carbocycles. The minimum absolute atomic E-state index is 0.197. The quantitative estimate of drug-likeness (QED) is 0.809. The van der Waals surface area contributed by atoms with Crippen LogP contribution in [0.2, 0.25) is 5.02 Å². The van der Waals surface area contributed by atoms with Crippen molar-refractivity contribution in [2.45, 2.75) is 13.5 Å². The molecule has 21 heavy (non-hydrogen) atoms. The Hall–Kier alpha value is -2.40. The molecule has 0 atom stereocenters. The predicted molar refractivity (Wildman–Crippen MR) is 80.3 cm³/mol. The van der Waals surface area contributed by atoms with Gasteiger partial charge in [0.05, 0.1) is 11.3 Å². The number of halogens is 1. The Bertz CT molecular complexity index is 812. The molecule has 2 aromatic heterocycles. The zero-order chi connectivity index (χ0) is 14.8. The highest BCUT2D eigenvalue weighted by Gasteiger charge is 2.08. The molecule has 2 heterocycles. The summed E-state index contributed by atoms with van der Waals surface area (Å²) < 4.78 is 1.60. The van der Waals surface area contributed by atoms with E-state index in [1.807, 2.05) is 31.2 Å². The number of nitrogens with zero attached hydrogens (tertiary/aromatic N) is 3. The van der Waals surface area contributed by atoms with Crippen LogP contribution in [0.3, 0.4) is 0 Å². The first kappa shape index (κ1) is 13.6. The highest BCUT2D eigenvalue weighted by Crippen LogP contribution is 2.10. The summed E-state index contributed by atoms with van der Waals surface area (Å²) in [7, 11) is 0. The van der Waals surface area contributed by atoms with E-state index in [2.05, 4.69) is 15.4 Å². The summed E-state index contributed by atoms with van der Waals surface area (Å²) in [5, 5.41) is 7.73. The zero-order valence-electron chi connectivity index (χ0n) is 11.4. The van der Waals surface area contributed by atoms with E-state index in [0.29, 0.717) is 17.1 Å². The minimum atomic E-state index is -0.197. The van der Waals surface area contributed by atoms with Crippen LogP contribution in [0.15, 0.2) is 42.7 Å². The second kappa shape index (κ2) is 5.54. The highest BCUT2D eigenvalue weighted by molar-refractivity contribution is 6.30. The molecule has 3 rings (SSSR count). The fraction of sp³-hybridized carbons (Fsp3) is 0.133. The number of carbonyl (C=O) groups is 1. The Balaban J connectivity index is 1.74. The van der Waals surface area contributed by atoms with E-state index in [1.165, 1.54) is 0 Å². The first-order valence-electron chi connectivity index (χ1n) is 6.46. The van der Waals surface area contributed by atoms with E-state index in [1.54, 1.807) is 23.0 Å². The number of fused-ring (bicyclic) bond motifs is 1. The van der Waals surface area contributed by atoms with Gasteiger partial charge < -0.3 is 5.32 Å². The smallest absolute Gasteiger partial charge is 0.254 e. The van der Waals surface area contributed by atoms with Crippen LogP contribution in [-0.2, 0) is 6.54 Å². The van der Waals surface area contributed by atoms with Gasteiger partial charge in [-0.05, 0) is 24.6 Å². The molecular weight excluding hydrogens is 288 g/mol. The van der Waals surface area contributed by atoms with Gasteiger partial charge in [0.2, 0.25) is 0 Å². The van der Waals surface area contributed by atoms with E-state index in [0.717, 1.165) is 16.9 Å². The summed E-state index contributed by atoms with van der Waals surface area (Å²) in [6, 6.07) is 9.23. The Kier molecular flexibility index (Phi) is 3.58. The van der Waals surface area contributed by atoms with Crippen molar-refractivity contribution in [3.8, 4) is 0 Å². The van der Waals surface area contributed by atoms with Crippen LogP contribution >= 0.6 is 11.6 Å². The van der Waals surface area contributed by atoms with E-state index in [-0.39, 0.29) is 5.91 Å². The molecule has 0 bridgehead atoms. The Morgan fingerprint density at radius 3 is 3.05 bits per heavy atom. The average molecular weight is 301 g/mol. The van der Waals surface area contributed by atoms with Gasteiger partial charge in [-0.2, -0.15) is 5.10 Å². The molecule has 0 aliphatic rings. The monoisotopic (exact) mass is 300 g/mol. The van der Waals surface area contributed by atoms with Crippen LogP contribution in [-0.4, -0.2) is 20.5 Å². The maximum atomic E-state index is 12.1. The van der Waals surface area contributed by atoms with Crippen molar-refractivity contribution >= 4 is 23.2 Å². The molecular formula is C15H13ClN4O. The molecule has 106 valence electrons. The van der Waals surface area contributed by atoms with Crippen LogP contribution in [0.1, 0.15) is 21.6 Å². The zero-order valence-corrected chi connectivity index (χ0v) is 12.1. The van der Waals surface area contributed by atoms with E-state index in [9.17, 15) is 4.79 Å². The molecule has 3 aromatic rings. The number of hydrogen-bond donors (Lipinski definition) is 1. The number of amides is 1. The highest BCUT2D eigenvalue weighted by atomic mass is 35.5. The summed E-state index contributed by atoms with van der Waals surface area (Å²) in [5.41, 5.74) is 2.99. The van der Waals surface area contributed by atoms with Crippen molar-refractivity contribution in [3.63, 3.8) is 0 Å². The molecule has 0 fully saturated rings. The Morgan fingerprint density at radius 2 is 2.24 bits per heavy atom. The molecule has 0 unspecified atom stereocenters. The molecule has 5 nitrogen and oxygen atoms in total. The van der Waals surface area contributed by atoms with E-state index < -0.39 is 0 Å². The maximum absolute atomic E-state index is 12.1. The van der Waals surface area contributed by atoms with Gasteiger partial charge in [0.1, 0.15) is 0 Å². The average Bonchev–Trinajstić information content (AvgIpc) is 2.84. The van der Waals surface area contributed by atoms with Crippen molar-refractivity contribution in [1.82, 2.24) is 19.9 Å². The van der Waals surface area contributed by atoms with Gasteiger partial charge in [-0.15, -0.1) is 0 Å². The lowest BCUT2D eigenvalue weighted by atomic mass is 10.2. The number of carbonyl (C=O) groups excluding carboxylic acids is 1. The van der Waals surface area contributed by atoms with E-state index in [4.69, 9.17) is 11.6 Å². The summed E-state index contributed by atoms with van der Waals surface area (Å²) in [6.45, 7) is 2.29. The number of aromatic nitrogens is 3. The van der Waals surface area contributed by atoms with Crippen LogP contribution < -0.4 is 5.32 Å². The third kappa shape index (κ3) is 3.03. The van der Waals surface area contributed by atoms with Crippen molar-refractivity contribution in [3.05, 3.63) is 64.6 Å². The molecule has 0 aliphatic heterocycles. The molecule has 0 spiro atoms. The molecule has 1 amide bonds. The van der Waals surface area contributed by atoms with Crippen molar-refractivity contribution in [1.29, 1.82) is 0 Å². The first-order valence-corrected chi connectivity index (χ1v) is 6.84. The predicted octanol–water partition coefficient (Wildman–Crippen LogP) is 2.62. The number of hydrogen-bond acceptors (Lipinski definition) is 3. The van der Waals surface area contributed by atoms with Gasteiger partial charge in [0, 0.05) is 30.0 Å². The van der Waals surface area contributed by atoms with Crippen molar-refractivity contribution < 1.29 is 4.79 Å². The Labute approximate surface area is 126 Å². The fourth-order valence-corrected chi connectivity index (χ4v) is 2.26. The normalized spacial score (nSPS) is 10.8. The second-order valence-corrected chi connectivity index (χ2v) is 5.18. The Morgan fingerprint density at radius 1 is 1.38 bits per heavy atom. The summed E-state index contributed by atoms with van der Waals surface area (Å²) in [5.74, 6) is -0.197. The lowest BCUT2D eigenvalue weighted by Crippen LogP contribution is -2.23. The lowest BCUT2D eigenvalue weighted by molar-refractivity contribution is 0.0950. The number of aryl methyl sites for hydroxylation is 1. The van der Waals surface area contributed by atoms with Crippen LogP contribution in [0, 0.1) is 6.92 Å². The van der Waals surface area contributed by atoms with E-state index >= 15 is 0 Å². The fourth-order valence-electron chi connectivity index (χ4n) is 2.04. The second-order valence-electron chi connectivity index (χ2n) is 4.74. The molecule has 6 heteroatoms. The molecule has 0 radical (unpaired) electrons. The van der Waals surface area contributed by atoms with Gasteiger partial charge in [-0.1, -0.05) is 23.7 Å². The summed E-state index contributed by atoms with van der Waals surface area (Å²) in [6.07, 6.45) is 3.21. The molecule has 1 N–H and O–H groups in total. The van der Waals surface area contributed by atoms with Crippen molar-refractivity contribution in [2.24, 2.45) is 0 Å². The topological polar surface area (TPSA) is 59.3 Å². The molecule has 0 saturated heterocycles. The number of nitrogens with one attached hydrogen (secondary N) is 1. The SMILES string of the molecule is Cc1cc2ncc(C(=O)NCc3cccc(Cl)c3)cn2n1. The van der Waals surface area contributed by atoms with Gasteiger partial charge in [0.15, 0.2) is 5.65 Å². The molecule has 0 aliphatic carbocycles. The maximum Gasteiger partial charge on any atom is 0.254 e. The van der Waals surface area contributed by atoms with Crippen LogP contribution in [0.25, 0.3) is 5.65 Å². The lowest BCUT2D eigenvalue weighted by Gasteiger charge is -2.05.